The fourth-order valence-corrected chi connectivity index (χ4v) is 2.74. The van der Waals surface area contributed by atoms with Crippen molar-refractivity contribution in [2.45, 2.75) is 25.8 Å². The highest BCUT2D eigenvalue weighted by molar-refractivity contribution is 9.10. The third kappa shape index (κ3) is 4.03. The van der Waals surface area contributed by atoms with Gasteiger partial charge in [-0.15, -0.1) is 0 Å². The van der Waals surface area contributed by atoms with Crippen LogP contribution >= 0.6 is 27.5 Å². The van der Waals surface area contributed by atoms with E-state index >= 15 is 0 Å². The molecule has 0 spiro atoms. The van der Waals surface area contributed by atoms with Gasteiger partial charge in [-0.1, -0.05) is 11.6 Å². The van der Waals surface area contributed by atoms with Crippen molar-refractivity contribution in [1.82, 2.24) is 4.90 Å². The van der Waals surface area contributed by atoms with Gasteiger partial charge in [0.15, 0.2) is 0 Å². The summed E-state index contributed by atoms with van der Waals surface area (Å²) in [7, 11) is 0. The zero-order valence-corrected chi connectivity index (χ0v) is 13.7. The number of carbonyl (C=O) groups excluding carboxylic acids is 1. The van der Waals surface area contributed by atoms with E-state index in [1.165, 1.54) is 0 Å². The Kier molecular flexibility index (Phi) is 5.54. The van der Waals surface area contributed by atoms with Crippen LogP contribution in [0.15, 0.2) is 22.7 Å². The minimum absolute atomic E-state index is 0.208. The molecular formula is C14H18BrClN2O2. The Bertz CT molecular complexity index is 476. The topological polar surface area (TPSA) is 41.6 Å². The molecular weight excluding hydrogens is 344 g/mol. The molecule has 1 aromatic rings. The lowest BCUT2D eigenvalue weighted by atomic mass is 10.1. The van der Waals surface area contributed by atoms with Crippen LogP contribution in [0.25, 0.3) is 0 Å². The molecule has 0 unspecified atom stereocenters. The van der Waals surface area contributed by atoms with E-state index in [4.69, 9.17) is 16.3 Å². The van der Waals surface area contributed by atoms with Crippen molar-refractivity contribution in [1.29, 1.82) is 0 Å². The Morgan fingerprint density at radius 1 is 1.50 bits per heavy atom. The maximum absolute atomic E-state index is 11.6. The van der Waals surface area contributed by atoms with Gasteiger partial charge in [-0.3, -0.25) is 0 Å². The Balaban J connectivity index is 1.85. The van der Waals surface area contributed by atoms with Crippen LogP contribution in [0.5, 0.6) is 0 Å². The summed E-state index contributed by atoms with van der Waals surface area (Å²) in [5.74, 6) is 0. The molecule has 0 saturated carbocycles. The normalized spacial score (nSPS) is 16.1. The molecule has 0 aliphatic carbocycles. The second-order valence-corrected chi connectivity index (χ2v) is 6.00. The van der Waals surface area contributed by atoms with Crippen LogP contribution in [0.2, 0.25) is 5.02 Å². The molecule has 1 aliphatic heterocycles. The van der Waals surface area contributed by atoms with E-state index in [0.29, 0.717) is 17.7 Å². The predicted octanol–water partition coefficient (Wildman–Crippen LogP) is 4.14. The quantitative estimate of drug-likeness (QED) is 0.880. The maximum Gasteiger partial charge on any atom is 0.409 e. The van der Waals surface area contributed by atoms with Crippen molar-refractivity contribution in [3.63, 3.8) is 0 Å². The molecule has 0 bridgehead atoms. The van der Waals surface area contributed by atoms with Crippen LogP contribution < -0.4 is 5.32 Å². The minimum Gasteiger partial charge on any atom is -0.450 e. The number of anilines is 1. The summed E-state index contributed by atoms with van der Waals surface area (Å²) in [5.41, 5.74) is 1.04. The van der Waals surface area contributed by atoms with Gasteiger partial charge < -0.3 is 15.0 Å². The zero-order chi connectivity index (χ0) is 14.5. The number of ether oxygens (including phenoxy) is 1. The maximum atomic E-state index is 11.6. The number of amides is 1. The molecule has 1 N–H and O–H groups in total. The van der Waals surface area contributed by atoms with Crippen molar-refractivity contribution in [2.24, 2.45) is 0 Å². The molecule has 1 heterocycles. The molecule has 1 saturated heterocycles. The van der Waals surface area contributed by atoms with Crippen molar-refractivity contribution in [3.05, 3.63) is 27.7 Å². The van der Waals surface area contributed by atoms with Gasteiger partial charge in [0.25, 0.3) is 0 Å². The highest BCUT2D eigenvalue weighted by Crippen LogP contribution is 2.27. The molecule has 0 aromatic heterocycles. The molecule has 20 heavy (non-hydrogen) atoms. The highest BCUT2D eigenvalue weighted by atomic mass is 79.9. The number of nitrogens with one attached hydrogen (secondary N) is 1. The monoisotopic (exact) mass is 360 g/mol. The van der Waals surface area contributed by atoms with Gasteiger partial charge >= 0.3 is 6.09 Å². The molecule has 2 rings (SSSR count). The summed E-state index contributed by atoms with van der Waals surface area (Å²) in [6.07, 6.45) is 1.62. The average Bonchev–Trinajstić information content (AvgIpc) is 2.44. The number of halogens is 2. The summed E-state index contributed by atoms with van der Waals surface area (Å²) in [4.78, 5) is 13.4. The zero-order valence-electron chi connectivity index (χ0n) is 11.4. The molecule has 0 radical (unpaired) electrons. The first-order chi connectivity index (χ1) is 9.60. The largest absolute Gasteiger partial charge is 0.450 e. The number of hydrogen-bond donors (Lipinski definition) is 1. The second kappa shape index (κ2) is 7.18. The van der Waals surface area contributed by atoms with Crippen molar-refractivity contribution >= 4 is 39.3 Å². The van der Waals surface area contributed by atoms with Crippen LogP contribution in [0.4, 0.5) is 10.5 Å². The molecule has 1 amide bonds. The lowest BCUT2D eigenvalue weighted by molar-refractivity contribution is 0.0983. The molecule has 1 aliphatic rings. The van der Waals surface area contributed by atoms with Gasteiger partial charge in [0.2, 0.25) is 0 Å². The Morgan fingerprint density at radius 2 is 2.20 bits per heavy atom. The predicted molar refractivity (Wildman–Crippen MR) is 84.4 cm³/mol. The van der Waals surface area contributed by atoms with Crippen LogP contribution in [0.1, 0.15) is 19.8 Å². The van der Waals surface area contributed by atoms with E-state index in [2.05, 4.69) is 21.2 Å². The minimum atomic E-state index is -0.208. The van der Waals surface area contributed by atoms with Gasteiger partial charge in [-0.05, 0) is 53.9 Å². The van der Waals surface area contributed by atoms with Crippen LogP contribution in [0, 0.1) is 0 Å². The Labute approximate surface area is 132 Å². The molecule has 6 heteroatoms. The first-order valence-electron chi connectivity index (χ1n) is 6.73. The van der Waals surface area contributed by atoms with Gasteiger partial charge in [0, 0.05) is 29.3 Å². The standard InChI is InChI=1S/C14H18BrClN2O2/c1-2-20-14(19)18-7-5-10(6-8-18)17-11-3-4-13(16)12(15)9-11/h3-4,9-10,17H,2,5-8H2,1H3. The summed E-state index contributed by atoms with van der Waals surface area (Å²) >= 11 is 9.39. The van der Waals surface area contributed by atoms with Gasteiger partial charge in [0.1, 0.15) is 0 Å². The highest BCUT2D eigenvalue weighted by Gasteiger charge is 2.23. The second-order valence-electron chi connectivity index (χ2n) is 4.73. The Morgan fingerprint density at radius 3 is 2.80 bits per heavy atom. The average molecular weight is 362 g/mol. The summed E-state index contributed by atoms with van der Waals surface area (Å²) in [6, 6.07) is 6.17. The van der Waals surface area contributed by atoms with E-state index in [1.54, 1.807) is 4.90 Å². The summed E-state index contributed by atoms with van der Waals surface area (Å²) < 4.78 is 5.89. The Hall–Kier alpha value is -0.940. The lowest BCUT2D eigenvalue weighted by Gasteiger charge is -2.32. The van der Waals surface area contributed by atoms with E-state index < -0.39 is 0 Å². The third-order valence-corrected chi connectivity index (χ3v) is 4.53. The van der Waals surface area contributed by atoms with Gasteiger partial charge in [-0.2, -0.15) is 0 Å². The summed E-state index contributed by atoms with van der Waals surface area (Å²) in [6.45, 7) is 3.71. The number of likely N-dealkylation sites (tertiary alicyclic amines) is 1. The number of benzene rings is 1. The number of piperidine rings is 1. The smallest absolute Gasteiger partial charge is 0.409 e. The molecule has 110 valence electrons. The van der Waals surface area contributed by atoms with E-state index in [-0.39, 0.29) is 6.09 Å². The van der Waals surface area contributed by atoms with Crippen molar-refractivity contribution < 1.29 is 9.53 Å². The third-order valence-electron chi connectivity index (χ3n) is 3.31. The van der Waals surface area contributed by atoms with E-state index in [1.807, 2.05) is 25.1 Å². The molecule has 1 fully saturated rings. The van der Waals surface area contributed by atoms with Crippen LogP contribution in [0.3, 0.4) is 0 Å². The first-order valence-corrected chi connectivity index (χ1v) is 7.90. The molecule has 1 aromatic carbocycles. The fraction of sp³-hybridized carbons (Fsp3) is 0.500. The van der Waals surface area contributed by atoms with Crippen LogP contribution in [-0.4, -0.2) is 36.7 Å². The van der Waals surface area contributed by atoms with Crippen molar-refractivity contribution in [2.75, 3.05) is 25.0 Å². The lowest BCUT2D eigenvalue weighted by Crippen LogP contribution is -2.42. The molecule has 4 nitrogen and oxygen atoms in total. The van der Waals surface area contributed by atoms with Crippen molar-refractivity contribution in [3.8, 4) is 0 Å². The van der Waals surface area contributed by atoms with E-state index in [9.17, 15) is 4.79 Å². The number of nitrogens with zero attached hydrogens (tertiary/aromatic N) is 1. The molecule has 0 atom stereocenters. The van der Waals surface area contributed by atoms with Gasteiger partial charge in [-0.25, -0.2) is 4.79 Å². The summed E-state index contributed by atoms with van der Waals surface area (Å²) in [5, 5.41) is 4.17. The van der Waals surface area contributed by atoms with E-state index in [0.717, 1.165) is 36.1 Å². The number of hydrogen-bond acceptors (Lipinski definition) is 3. The van der Waals surface area contributed by atoms with Crippen LogP contribution in [-0.2, 0) is 4.74 Å². The fourth-order valence-electron chi connectivity index (χ4n) is 2.24. The number of carbonyl (C=O) groups is 1. The first kappa shape index (κ1) is 15.4. The number of rotatable bonds is 3. The van der Waals surface area contributed by atoms with Gasteiger partial charge in [0.05, 0.1) is 11.6 Å². The SMILES string of the molecule is CCOC(=O)N1CCC(Nc2ccc(Cl)c(Br)c2)CC1.